The molecule has 27 heavy (non-hydrogen) atoms. The fourth-order valence-electron chi connectivity index (χ4n) is 3.15. The van der Waals surface area contributed by atoms with Crippen molar-refractivity contribution >= 4 is 23.5 Å². The molecule has 3 rings (SSSR count). The first-order valence-corrected chi connectivity index (χ1v) is 10.1. The minimum Gasteiger partial charge on any atom is -0.376 e. The van der Waals surface area contributed by atoms with Crippen LogP contribution in [0.2, 0.25) is 0 Å². The quantitative estimate of drug-likeness (QED) is 0.706. The SMILES string of the molecule is CCc1nc(SCC(=O)Nc2c(C#N)c(C)c(C)n2C[C@H]2CCCO2)n[nH]1. The van der Waals surface area contributed by atoms with Gasteiger partial charge in [0.15, 0.2) is 0 Å². The molecule has 8 nitrogen and oxygen atoms in total. The summed E-state index contributed by atoms with van der Waals surface area (Å²) in [6.45, 7) is 7.26. The molecule has 3 heterocycles. The van der Waals surface area contributed by atoms with Gasteiger partial charge in [0.05, 0.1) is 24.0 Å². The average Bonchev–Trinajstić information content (AvgIpc) is 3.38. The third kappa shape index (κ3) is 4.34. The Bertz CT molecular complexity index is 860. The summed E-state index contributed by atoms with van der Waals surface area (Å²) in [5.74, 6) is 1.33. The smallest absolute Gasteiger partial charge is 0.235 e. The summed E-state index contributed by atoms with van der Waals surface area (Å²) in [7, 11) is 0. The van der Waals surface area contributed by atoms with Crippen molar-refractivity contribution in [1.29, 1.82) is 5.26 Å². The van der Waals surface area contributed by atoms with Crippen molar-refractivity contribution in [3.63, 3.8) is 0 Å². The maximum atomic E-state index is 12.5. The molecular formula is C18H24N6O2S. The summed E-state index contributed by atoms with van der Waals surface area (Å²) in [6.07, 6.45) is 2.92. The van der Waals surface area contributed by atoms with Gasteiger partial charge in [0.25, 0.3) is 0 Å². The lowest BCUT2D eigenvalue weighted by Crippen LogP contribution is -2.22. The molecule has 1 aliphatic heterocycles. The summed E-state index contributed by atoms with van der Waals surface area (Å²) in [5, 5.41) is 19.9. The Labute approximate surface area is 162 Å². The number of H-pyrrole nitrogens is 1. The fourth-order valence-corrected chi connectivity index (χ4v) is 3.77. The molecule has 1 saturated heterocycles. The number of aromatic nitrogens is 4. The van der Waals surface area contributed by atoms with Crippen molar-refractivity contribution < 1.29 is 9.53 Å². The molecule has 1 amide bonds. The zero-order valence-electron chi connectivity index (χ0n) is 15.8. The number of anilines is 1. The zero-order valence-corrected chi connectivity index (χ0v) is 16.7. The van der Waals surface area contributed by atoms with E-state index in [9.17, 15) is 10.1 Å². The zero-order chi connectivity index (χ0) is 19.4. The van der Waals surface area contributed by atoms with E-state index in [4.69, 9.17) is 4.74 Å². The topological polar surface area (TPSA) is 109 Å². The summed E-state index contributed by atoms with van der Waals surface area (Å²) < 4.78 is 7.73. The van der Waals surface area contributed by atoms with Gasteiger partial charge in [-0.1, -0.05) is 18.7 Å². The summed E-state index contributed by atoms with van der Waals surface area (Å²) in [5.41, 5.74) is 2.38. The van der Waals surface area contributed by atoms with Crippen LogP contribution in [0.4, 0.5) is 5.82 Å². The highest BCUT2D eigenvalue weighted by molar-refractivity contribution is 7.99. The van der Waals surface area contributed by atoms with Gasteiger partial charge in [-0.15, -0.1) is 5.10 Å². The third-order valence-electron chi connectivity index (χ3n) is 4.79. The van der Waals surface area contributed by atoms with E-state index in [-0.39, 0.29) is 17.8 Å². The summed E-state index contributed by atoms with van der Waals surface area (Å²) in [4.78, 5) is 16.8. The number of nitrogens with one attached hydrogen (secondary N) is 2. The highest BCUT2D eigenvalue weighted by atomic mass is 32.2. The highest BCUT2D eigenvalue weighted by Gasteiger charge is 2.24. The number of carbonyl (C=O) groups excluding carboxylic acids is 1. The first-order valence-electron chi connectivity index (χ1n) is 9.08. The van der Waals surface area contributed by atoms with E-state index in [1.807, 2.05) is 25.3 Å². The predicted octanol–water partition coefficient (Wildman–Crippen LogP) is 2.57. The molecule has 1 fully saturated rings. The van der Waals surface area contributed by atoms with Gasteiger partial charge >= 0.3 is 0 Å². The fraction of sp³-hybridized carbons (Fsp3) is 0.556. The standard InChI is InChI=1S/C18H24N6O2S/c1-4-15-20-18(23-22-15)27-10-16(25)21-17-14(8-19)11(2)12(3)24(17)9-13-6-5-7-26-13/h13H,4-7,9-10H2,1-3H3,(H,21,25)(H,20,22,23)/t13-/m1/s1. The lowest BCUT2D eigenvalue weighted by Gasteiger charge is -2.16. The molecule has 0 radical (unpaired) electrons. The molecule has 0 aliphatic carbocycles. The minimum absolute atomic E-state index is 0.118. The lowest BCUT2D eigenvalue weighted by atomic mass is 10.2. The number of aryl methyl sites for hydroxylation is 1. The van der Waals surface area contributed by atoms with Crippen LogP contribution in [0.3, 0.4) is 0 Å². The second-order valence-electron chi connectivity index (χ2n) is 6.55. The van der Waals surface area contributed by atoms with Crippen molar-refractivity contribution in [3.05, 3.63) is 22.6 Å². The van der Waals surface area contributed by atoms with E-state index >= 15 is 0 Å². The molecule has 144 valence electrons. The molecule has 2 aromatic rings. The van der Waals surface area contributed by atoms with Gasteiger partial charge in [-0.05, 0) is 32.3 Å². The molecule has 0 aromatic carbocycles. The Hall–Kier alpha value is -2.31. The Kier molecular flexibility index (Phi) is 6.19. The summed E-state index contributed by atoms with van der Waals surface area (Å²) in [6, 6.07) is 2.23. The largest absolute Gasteiger partial charge is 0.376 e. The van der Waals surface area contributed by atoms with Crippen LogP contribution in [-0.2, 0) is 22.5 Å². The minimum atomic E-state index is -0.189. The molecule has 1 atom stereocenters. The van der Waals surface area contributed by atoms with E-state index in [0.717, 1.165) is 43.0 Å². The number of carbonyl (C=O) groups is 1. The second-order valence-corrected chi connectivity index (χ2v) is 7.49. The Balaban J connectivity index is 1.72. The molecular weight excluding hydrogens is 364 g/mol. The number of rotatable bonds is 7. The normalized spacial score (nSPS) is 16.4. The van der Waals surface area contributed by atoms with Crippen LogP contribution in [0, 0.1) is 25.2 Å². The van der Waals surface area contributed by atoms with Gasteiger partial charge in [0, 0.05) is 18.7 Å². The Morgan fingerprint density at radius 2 is 2.33 bits per heavy atom. The van der Waals surface area contributed by atoms with Crippen LogP contribution in [0.25, 0.3) is 0 Å². The molecule has 2 aromatic heterocycles. The molecule has 0 spiro atoms. The average molecular weight is 388 g/mol. The van der Waals surface area contributed by atoms with Crippen molar-refractivity contribution in [2.45, 2.75) is 57.8 Å². The molecule has 0 unspecified atom stereocenters. The van der Waals surface area contributed by atoms with Gasteiger partial charge in [0.2, 0.25) is 11.1 Å². The highest BCUT2D eigenvalue weighted by Crippen LogP contribution is 2.28. The van der Waals surface area contributed by atoms with Gasteiger partial charge in [-0.25, -0.2) is 4.98 Å². The van der Waals surface area contributed by atoms with E-state index in [2.05, 4.69) is 26.6 Å². The van der Waals surface area contributed by atoms with Crippen LogP contribution < -0.4 is 5.32 Å². The van der Waals surface area contributed by atoms with Crippen LogP contribution in [0.5, 0.6) is 0 Å². The number of nitriles is 1. The van der Waals surface area contributed by atoms with Crippen LogP contribution >= 0.6 is 11.8 Å². The number of nitrogens with zero attached hydrogens (tertiary/aromatic N) is 4. The predicted molar refractivity (Wildman–Crippen MR) is 103 cm³/mol. The second kappa shape index (κ2) is 8.59. The van der Waals surface area contributed by atoms with Crippen LogP contribution in [0.15, 0.2) is 5.16 Å². The molecule has 0 bridgehead atoms. The van der Waals surface area contributed by atoms with Crippen molar-refractivity contribution in [3.8, 4) is 6.07 Å². The number of hydrogen-bond donors (Lipinski definition) is 2. The Morgan fingerprint density at radius 1 is 1.52 bits per heavy atom. The lowest BCUT2D eigenvalue weighted by molar-refractivity contribution is -0.113. The van der Waals surface area contributed by atoms with Gasteiger partial charge in [-0.2, -0.15) is 5.26 Å². The van der Waals surface area contributed by atoms with Crippen molar-refractivity contribution in [1.82, 2.24) is 19.7 Å². The molecule has 9 heteroatoms. The third-order valence-corrected chi connectivity index (χ3v) is 5.63. The first-order chi connectivity index (χ1) is 13.0. The number of aromatic amines is 1. The number of amides is 1. The number of thioether (sulfide) groups is 1. The molecule has 1 aliphatic rings. The van der Waals surface area contributed by atoms with E-state index in [1.54, 1.807) is 0 Å². The maximum absolute atomic E-state index is 12.5. The number of ether oxygens (including phenoxy) is 1. The van der Waals surface area contributed by atoms with Crippen molar-refractivity contribution in [2.24, 2.45) is 0 Å². The van der Waals surface area contributed by atoms with Gasteiger partial charge in [-0.3, -0.25) is 9.89 Å². The van der Waals surface area contributed by atoms with Crippen LogP contribution in [-0.4, -0.2) is 44.1 Å². The molecule has 0 saturated carbocycles. The van der Waals surface area contributed by atoms with Crippen molar-refractivity contribution in [2.75, 3.05) is 17.7 Å². The maximum Gasteiger partial charge on any atom is 0.235 e. The summed E-state index contributed by atoms with van der Waals surface area (Å²) >= 11 is 1.26. The van der Waals surface area contributed by atoms with Gasteiger partial charge < -0.3 is 14.6 Å². The Morgan fingerprint density at radius 3 is 2.96 bits per heavy atom. The van der Waals surface area contributed by atoms with E-state index < -0.39 is 0 Å². The monoisotopic (exact) mass is 388 g/mol. The van der Waals surface area contributed by atoms with Gasteiger partial charge in [0.1, 0.15) is 17.7 Å². The molecule has 2 N–H and O–H groups in total. The van der Waals surface area contributed by atoms with Crippen LogP contribution in [0.1, 0.15) is 42.4 Å². The van der Waals surface area contributed by atoms with E-state index in [1.165, 1.54) is 11.8 Å². The number of hydrogen-bond acceptors (Lipinski definition) is 6. The van der Waals surface area contributed by atoms with E-state index in [0.29, 0.717) is 23.1 Å². The first kappa shape index (κ1) is 19.5.